The van der Waals surface area contributed by atoms with Crippen LogP contribution in [-0.4, -0.2) is 54.9 Å². The van der Waals surface area contributed by atoms with Crippen LogP contribution in [0.15, 0.2) is 41.4 Å². The van der Waals surface area contributed by atoms with Crippen molar-refractivity contribution < 1.29 is 14.3 Å². The van der Waals surface area contributed by atoms with Crippen molar-refractivity contribution in [2.75, 3.05) is 33.3 Å². The van der Waals surface area contributed by atoms with Gasteiger partial charge in [0, 0.05) is 18.1 Å². The lowest BCUT2D eigenvalue weighted by molar-refractivity contribution is -0.143. The van der Waals surface area contributed by atoms with Crippen molar-refractivity contribution in [3.05, 3.63) is 47.0 Å². The van der Waals surface area contributed by atoms with Gasteiger partial charge in [0.1, 0.15) is 6.10 Å². The smallest absolute Gasteiger partial charge is 0.246 e. The Bertz CT molecular complexity index is 576. The first kappa shape index (κ1) is 16.7. The first-order valence-corrected chi connectivity index (χ1v) is 7.83. The third-order valence-electron chi connectivity index (χ3n) is 3.59. The highest BCUT2D eigenvalue weighted by Gasteiger charge is 2.27. The predicted octanol–water partition coefficient (Wildman–Crippen LogP) is 1.99. The summed E-state index contributed by atoms with van der Waals surface area (Å²) in [5.74, 6) is -0.345. The van der Waals surface area contributed by atoms with E-state index in [9.17, 15) is 9.59 Å². The molecule has 1 aliphatic rings. The average molecular weight is 367 g/mol. The number of carbonyl (C=O) groups excluding carboxylic acids is 2. The molecule has 22 heavy (non-hydrogen) atoms. The molecule has 0 spiro atoms. The number of hydrogen-bond donors (Lipinski definition) is 0. The van der Waals surface area contributed by atoms with Crippen LogP contribution < -0.4 is 0 Å². The fourth-order valence-corrected chi connectivity index (χ4v) is 2.88. The highest BCUT2D eigenvalue weighted by atomic mass is 79.9. The summed E-state index contributed by atoms with van der Waals surface area (Å²) < 4.78 is 6.74. The lowest BCUT2D eigenvalue weighted by Gasteiger charge is -2.34. The van der Waals surface area contributed by atoms with Crippen LogP contribution in [0.3, 0.4) is 0 Å². The van der Waals surface area contributed by atoms with Gasteiger partial charge >= 0.3 is 0 Å². The zero-order chi connectivity index (χ0) is 16.1. The molecule has 1 atom stereocenters. The Kier molecular flexibility index (Phi) is 5.74. The fourth-order valence-electron chi connectivity index (χ4n) is 2.34. The van der Waals surface area contributed by atoms with E-state index in [-0.39, 0.29) is 24.5 Å². The fraction of sp³-hybridized carbons (Fsp3) is 0.375. The first-order chi connectivity index (χ1) is 10.5. The van der Waals surface area contributed by atoms with E-state index < -0.39 is 0 Å². The monoisotopic (exact) mass is 366 g/mol. The molecule has 1 aliphatic heterocycles. The summed E-state index contributed by atoms with van der Waals surface area (Å²) in [6, 6.07) is 7.82. The summed E-state index contributed by atoms with van der Waals surface area (Å²) in [7, 11) is 1.59. The number of halogens is 1. The number of nitrogens with zero attached hydrogens (tertiary/aromatic N) is 2. The molecular weight excluding hydrogens is 348 g/mol. The van der Waals surface area contributed by atoms with Gasteiger partial charge in [0.15, 0.2) is 0 Å². The van der Waals surface area contributed by atoms with E-state index in [1.807, 2.05) is 24.3 Å². The van der Waals surface area contributed by atoms with Crippen LogP contribution >= 0.6 is 15.9 Å². The molecule has 0 N–H and O–H groups in total. The predicted molar refractivity (Wildman–Crippen MR) is 87.2 cm³/mol. The quantitative estimate of drug-likeness (QED) is 0.765. The maximum Gasteiger partial charge on any atom is 0.246 e. The molecule has 2 rings (SSSR count). The van der Waals surface area contributed by atoms with E-state index in [1.165, 1.54) is 11.0 Å². The first-order valence-electron chi connectivity index (χ1n) is 7.04. The van der Waals surface area contributed by atoms with Gasteiger partial charge in [-0.3, -0.25) is 9.59 Å². The topological polar surface area (TPSA) is 49.9 Å². The summed E-state index contributed by atoms with van der Waals surface area (Å²) in [5, 5.41) is 0. The summed E-state index contributed by atoms with van der Waals surface area (Å²) in [6.07, 6.45) is 1.05. The third kappa shape index (κ3) is 3.96. The van der Waals surface area contributed by atoms with Crippen LogP contribution in [0.4, 0.5) is 0 Å². The molecule has 1 fully saturated rings. The number of ether oxygens (including phenoxy) is 1. The molecule has 118 valence electrons. The van der Waals surface area contributed by atoms with E-state index in [0.717, 1.165) is 10.0 Å². The Morgan fingerprint density at radius 3 is 2.91 bits per heavy atom. The molecule has 5 nitrogen and oxygen atoms in total. The third-order valence-corrected chi connectivity index (χ3v) is 4.32. The second-order valence-corrected chi connectivity index (χ2v) is 5.97. The van der Waals surface area contributed by atoms with Crippen molar-refractivity contribution in [2.45, 2.75) is 6.10 Å². The lowest BCUT2D eigenvalue weighted by atomic mass is 10.1. The van der Waals surface area contributed by atoms with Gasteiger partial charge in [0.05, 0.1) is 19.7 Å². The van der Waals surface area contributed by atoms with E-state index >= 15 is 0 Å². The molecule has 1 unspecified atom stereocenters. The Morgan fingerprint density at radius 2 is 2.23 bits per heavy atom. The zero-order valence-electron chi connectivity index (χ0n) is 12.5. The van der Waals surface area contributed by atoms with E-state index in [0.29, 0.717) is 19.7 Å². The van der Waals surface area contributed by atoms with Crippen LogP contribution in [0.1, 0.15) is 11.7 Å². The van der Waals surface area contributed by atoms with Crippen LogP contribution in [-0.2, 0) is 14.3 Å². The van der Waals surface area contributed by atoms with Crippen LogP contribution in [0.25, 0.3) is 0 Å². The number of carbonyl (C=O) groups is 2. The minimum atomic E-state index is -0.260. The minimum Gasteiger partial charge on any atom is -0.370 e. The van der Waals surface area contributed by atoms with Crippen LogP contribution in [0.2, 0.25) is 0 Å². The average Bonchev–Trinajstić information content (AvgIpc) is 2.54. The summed E-state index contributed by atoms with van der Waals surface area (Å²) in [4.78, 5) is 26.9. The Morgan fingerprint density at radius 1 is 1.50 bits per heavy atom. The molecule has 2 amide bonds. The zero-order valence-corrected chi connectivity index (χ0v) is 14.1. The van der Waals surface area contributed by atoms with Gasteiger partial charge < -0.3 is 14.5 Å². The van der Waals surface area contributed by atoms with Gasteiger partial charge in [-0.15, -0.1) is 0 Å². The maximum atomic E-state index is 12.3. The second kappa shape index (κ2) is 7.56. The van der Waals surface area contributed by atoms with Gasteiger partial charge in [-0.05, 0) is 17.7 Å². The van der Waals surface area contributed by atoms with Crippen molar-refractivity contribution in [3.8, 4) is 0 Å². The van der Waals surface area contributed by atoms with Gasteiger partial charge in [0.2, 0.25) is 11.8 Å². The van der Waals surface area contributed by atoms with Crippen molar-refractivity contribution in [3.63, 3.8) is 0 Å². The molecule has 0 aromatic heterocycles. The molecule has 0 saturated carbocycles. The number of morpholine rings is 1. The molecule has 1 heterocycles. The number of hydrogen-bond acceptors (Lipinski definition) is 3. The molecule has 6 heteroatoms. The van der Waals surface area contributed by atoms with E-state index in [4.69, 9.17) is 4.74 Å². The second-order valence-electron chi connectivity index (χ2n) is 5.12. The molecule has 1 aromatic carbocycles. The highest BCUT2D eigenvalue weighted by Crippen LogP contribution is 2.28. The number of likely N-dealkylation sites (N-methyl/N-ethyl adjacent to an activating group) is 1. The Labute approximate surface area is 138 Å². The summed E-state index contributed by atoms with van der Waals surface area (Å²) in [5.41, 5.74) is 1.02. The molecular formula is C16H19BrN2O3. The van der Waals surface area contributed by atoms with E-state index in [1.54, 1.807) is 11.9 Å². The normalized spacial score (nSPS) is 17.9. The largest absolute Gasteiger partial charge is 0.370 e. The molecule has 0 radical (unpaired) electrons. The molecule has 1 aromatic rings. The lowest BCUT2D eigenvalue weighted by Crippen LogP contribution is -2.46. The van der Waals surface area contributed by atoms with Crippen molar-refractivity contribution in [1.82, 2.24) is 9.80 Å². The molecule has 0 bridgehead atoms. The number of rotatable bonds is 4. The summed E-state index contributed by atoms with van der Waals surface area (Å²) >= 11 is 3.51. The number of amides is 2. The van der Waals surface area contributed by atoms with E-state index in [2.05, 4.69) is 22.5 Å². The Balaban J connectivity index is 2.01. The molecule has 1 saturated heterocycles. The van der Waals surface area contributed by atoms with Gasteiger partial charge in [0.25, 0.3) is 0 Å². The van der Waals surface area contributed by atoms with Crippen molar-refractivity contribution >= 4 is 27.7 Å². The van der Waals surface area contributed by atoms with Gasteiger partial charge in [-0.25, -0.2) is 0 Å². The van der Waals surface area contributed by atoms with Crippen LogP contribution in [0.5, 0.6) is 0 Å². The summed E-state index contributed by atoms with van der Waals surface area (Å²) in [6.45, 7) is 4.98. The maximum absolute atomic E-state index is 12.3. The number of benzene rings is 1. The van der Waals surface area contributed by atoms with Crippen LogP contribution in [0, 0.1) is 0 Å². The molecule has 0 aliphatic carbocycles. The SMILES string of the molecule is C=CC(=O)N(C)CC(=O)N1CCOC(c2ccccc2Br)C1. The Hall–Kier alpha value is -1.66. The van der Waals surface area contributed by atoms with Crippen molar-refractivity contribution in [2.24, 2.45) is 0 Å². The van der Waals surface area contributed by atoms with Crippen molar-refractivity contribution in [1.29, 1.82) is 0 Å². The van der Waals surface area contributed by atoms with Gasteiger partial charge in [-0.1, -0.05) is 40.7 Å². The standard InChI is InChI=1S/C16H19BrN2O3/c1-3-15(20)18(2)11-16(21)19-8-9-22-14(10-19)12-6-4-5-7-13(12)17/h3-7,14H,1,8-11H2,2H3. The highest BCUT2D eigenvalue weighted by molar-refractivity contribution is 9.10. The minimum absolute atomic E-state index is 0.0491. The van der Waals surface area contributed by atoms with Gasteiger partial charge in [-0.2, -0.15) is 0 Å².